The van der Waals surface area contributed by atoms with Crippen LogP contribution in [-0.4, -0.2) is 125 Å². The number of benzene rings is 2. The Morgan fingerprint density at radius 2 is 1.27 bits per heavy atom. The molecule has 1 aromatic heterocycles. The van der Waals surface area contributed by atoms with E-state index < -0.39 is 113 Å². The van der Waals surface area contributed by atoms with Crippen molar-refractivity contribution < 1.29 is 74.8 Å². The third-order valence-corrected chi connectivity index (χ3v) is 8.01. The highest BCUT2D eigenvalue weighted by molar-refractivity contribution is 5.92. The quantitative estimate of drug-likeness (QED) is 0.136. The molecule has 3 heterocycles. The van der Waals surface area contributed by atoms with Crippen molar-refractivity contribution in [1.29, 1.82) is 0 Å². The fraction of sp³-hybridized carbons (Fsp3) is 0.464. The van der Waals surface area contributed by atoms with Gasteiger partial charge in [0.05, 0.1) is 31.5 Å². The minimum Gasteiger partial charge on any atom is -0.507 e. The molecule has 10 atom stereocenters. The second kappa shape index (κ2) is 12.1. The number of methoxy groups -OCH3 is 1. The van der Waals surface area contributed by atoms with Gasteiger partial charge in [0.2, 0.25) is 0 Å². The fourth-order valence-corrected chi connectivity index (χ4v) is 5.59. The van der Waals surface area contributed by atoms with Crippen molar-refractivity contribution in [1.82, 2.24) is 0 Å². The lowest BCUT2D eigenvalue weighted by Gasteiger charge is -2.42. The predicted molar refractivity (Wildman–Crippen MR) is 145 cm³/mol. The van der Waals surface area contributed by atoms with Gasteiger partial charge in [-0.2, -0.15) is 0 Å². The topological polar surface area (TPSA) is 280 Å². The Morgan fingerprint density at radius 1 is 0.727 bits per heavy atom. The standard InChI is InChI=1S/C28H32O16/c1-41-12-4-8(2-3-9(12)31)11-5-10(32)15-20(35)16(27-24(39)22(37)18(33)13(6-29)43-27)21(36)17(26(15)42-11)28-25(40)23(38)19(34)14(7-30)44-28/h2-5,13-14,18-19,22-25,27-31,33-40H,6-7H2,1H3/t13-,14-,18+,19+,22-,23-,24-,25-,27-,28-/m0/s1. The molecule has 5 rings (SSSR count). The van der Waals surface area contributed by atoms with Crippen LogP contribution in [0.3, 0.4) is 0 Å². The van der Waals surface area contributed by atoms with Crippen LogP contribution in [0.15, 0.2) is 33.5 Å². The highest BCUT2D eigenvalue weighted by Gasteiger charge is 2.50. The molecule has 0 amide bonds. The Kier molecular flexibility index (Phi) is 8.76. The van der Waals surface area contributed by atoms with Gasteiger partial charge in [-0.1, -0.05) is 0 Å². The number of phenolic OH excluding ortho intramolecular Hbond substituents is 3. The number of aromatic hydroxyl groups is 3. The molecule has 2 aliphatic heterocycles. The summed E-state index contributed by atoms with van der Waals surface area (Å²) >= 11 is 0. The first kappa shape index (κ1) is 31.9. The molecule has 0 saturated carbocycles. The second-order valence-corrected chi connectivity index (χ2v) is 10.6. The number of hydrogen-bond donors (Lipinski definition) is 11. The van der Waals surface area contributed by atoms with Crippen molar-refractivity contribution in [2.24, 2.45) is 0 Å². The highest BCUT2D eigenvalue weighted by atomic mass is 16.6. The molecule has 16 nitrogen and oxygen atoms in total. The zero-order valence-electron chi connectivity index (χ0n) is 23.0. The van der Waals surface area contributed by atoms with E-state index in [9.17, 15) is 61.0 Å². The lowest BCUT2D eigenvalue weighted by Crippen LogP contribution is -2.55. The predicted octanol–water partition coefficient (Wildman–Crippen LogP) is -2.38. The van der Waals surface area contributed by atoms with Crippen LogP contribution in [0.25, 0.3) is 22.3 Å². The molecule has 0 aliphatic carbocycles. The van der Waals surface area contributed by atoms with Gasteiger partial charge in [0, 0.05) is 11.6 Å². The van der Waals surface area contributed by atoms with Gasteiger partial charge in [0.1, 0.15) is 83.7 Å². The van der Waals surface area contributed by atoms with E-state index in [1.165, 1.54) is 25.3 Å². The van der Waals surface area contributed by atoms with E-state index in [0.717, 1.165) is 6.07 Å². The Labute approximate surface area is 247 Å². The third kappa shape index (κ3) is 5.04. The molecule has 0 unspecified atom stereocenters. The van der Waals surface area contributed by atoms with Gasteiger partial charge in [-0.15, -0.1) is 0 Å². The maximum Gasteiger partial charge on any atom is 0.197 e. The van der Waals surface area contributed by atoms with Crippen LogP contribution in [0.2, 0.25) is 0 Å². The summed E-state index contributed by atoms with van der Waals surface area (Å²) in [6.45, 7) is -1.72. The van der Waals surface area contributed by atoms with Crippen molar-refractivity contribution in [3.63, 3.8) is 0 Å². The third-order valence-electron chi connectivity index (χ3n) is 8.01. The van der Waals surface area contributed by atoms with Crippen molar-refractivity contribution in [2.45, 2.75) is 61.0 Å². The zero-order valence-corrected chi connectivity index (χ0v) is 23.0. The smallest absolute Gasteiger partial charge is 0.197 e. The first-order valence-corrected chi connectivity index (χ1v) is 13.4. The first-order chi connectivity index (χ1) is 20.9. The first-order valence-electron chi connectivity index (χ1n) is 13.4. The zero-order chi connectivity index (χ0) is 32.2. The summed E-state index contributed by atoms with van der Waals surface area (Å²) in [6, 6.07) is 4.86. The summed E-state index contributed by atoms with van der Waals surface area (Å²) in [5, 5.41) is 115. The van der Waals surface area contributed by atoms with Gasteiger partial charge < -0.3 is 74.8 Å². The average molecular weight is 625 g/mol. The molecular formula is C28H32O16. The minimum absolute atomic E-state index is 0.00284. The molecule has 2 saturated heterocycles. The number of phenols is 3. The normalized spacial score (nSPS) is 32.6. The number of aliphatic hydroxyl groups excluding tert-OH is 8. The number of aliphatic hydroxyl groups is 8. The van der Waals surface area contributed by atoms with Crippen molar-refractivity contribution >= 4 is 11.0 Å². The summed E-state index contributed by atoms with van der Waals surface area (Å²) in [4.78, 5) is 13.6. The minimum atomic E-state index is -2.04. The maximum absolute atomic E-state index is 13.6. The molecule has 0 bridgehead atoms. The van der Waals surface area contributed by atoms with Gasteiger partial charge in [-0.05, 0) is 18.2 Å². The van der Waals surface area contributed by atoms with Gasteiger partial charge in [0.15, 0.2) is 22.5 Å². The molecule has 2 aromatic carbocycles. The van der Waals surface area contributed by atoms with Gasteiger partial charge in [-0.25, -0.2) is 0 Å². The van der Waals surface area contributed by atoms with E-state index >= 15 is 0 Å². The Bertz CT molecular complexity index is 1580. The van der Waals surface area contributed by atoms with E-state index in [2.05, 4.69) is 0 Å². The molecular weight excluding hydrogens is 592 g/mol. The van der Waals surface area contributed by atoms with Crippen LogP contribution >= 0.6 is 0 Å². The number of hydrogen-bond acceptors (Lipinski definition) is 16. The molecule has 3 aromatic rings. The SMILES string of the molecule is COc1cc(-c2cc(=O)c3c(O)c([C@@H]4O[C@@H](CO)[C@@H](O)[C@H](O)[C@@H]4O)c(O)c([C@@H]4O[C@@H](CO)[C@@H](O)[C@H](O)[C@@H]4O)c3o2)ccc1O. The van der Waals surface area contributed by atoms with Crippen LogP contribution in [0.5, 0.6) is 23.0 Å². The van der Waals surface area contributed by atoms with Crippen LogP contribution in [-0.2, 0) is 9.47 Å². The van der Waals surface area contributed by atoms with Crippen LogP contribution in [0, 0.1) is 0 Å². The fourth-order valence-electron chi connectivity index (χ4n) is 5.59. The Balaban J connectivity index is 1.82. The van der Waals surface area contributed by atoms with E-state index in [-0.39, 0.29) is 22.8 Å². The molecule has 0 spiro atoms. The molecule has 11 N–H and O–H groups in total. The summed E-state index contributed by atoms with van der Waals surface area (Å²) in [5.74, 6) is -2.44. The van der Waals surface area contributed by atoms with E-state index in [1.807, 2.05) is 0 Å². The van der Waals surface area contributed by atoms with Gasteiger partial charge in [-0.3, -0.25) is 4.79 Å². The average Bonchev–Trinajstić information content (AvgIpc) is 3.00. The largest absolute Gasteiger partial charge is 0.507 e. The van der Waals surface area contributed by atoms with Gasteiger partial charge >= 0.3 is 0 Å². The number of rotatable bonds is 6. The lowest BCUT2D eigenvalue weighted by molar-refractivity contribution is -0.234. The van der Waals surface area contributed by atoms with Crippen LogP contribution < -0.4 is 10.2 Å². The van der Waals surface area contributed by atoms with Crippen LogP contribution in [0.4, 0.5) is 0 Å². The van der Waals surface area contributed by atoms with Crippen LogP contribution in [0.1, 0.15) is 23.3 Å². The van der Waals surface area contributed by atoms with Crippen molar-refractivity contribution in [3.05, 3.63) is 45.6 Å². The molecule has 2 fully saturated rings. The summed E-state index contributed by atoms with van der Waals surface area (Å²) in [5.41, 5.74) is -2.68. The number of fused-ring (bicyclic) bond motifs is 1. The molecule has 240 valence electrons. The van der Waals surface area contributed by atoms with Gasteiger partial charge in [0.25, 0.3) is 0 Å². The molecule has 16 heteroatoms. The summed E-state index contributed by atoms with van der Waals surface area (Å²) in [7, 11) is 1.28. The van der Waals surface area contributed by atoms with Crippen molar-refractivity contribution in [3.8, 4) is 34.3 Å². The Hall–Kier alpha value is -3.55. The molecule has 44 heavy (non-hydrogen) atoms. The van der Waals surface area contributed by atoms with Crippen molar-refractivity contribution in [2.75, 3.05) is 20.3 Å². The van der Waals surface area contributed by atoms with E-state index in [1.54, 1.807) is 0 Å². The summed E-state index contributed by atoms with van der Waals surface area (Å²) in [6.07, 6.45) is -18.3. The second-order valence-electron chi connectivity index (χ2n) is 10.6. The Morgan fingerprint density at radius 3 is 1.80 bits per heavy atom. The molecule has 0 radical (unpaired) electrons. The van der Waals surface area contributed by atoms with E-state index in [0.29, 0.717) is 0 Å². The number of ether oxygens (including phenoxy) is 3. The maximum atomic E-state index is 13.6. The summed E-state index contributed by atoms with van der Waals surface area (Å²) < 4.78 is 22.2. The lowest BCUT2D eigenvalue weighted by atomic mass is 9.85. The molecule has 2 aliphatic rings. The monoisotopic (exact) mass is 624 g/mol. The van der Waals surface area contributed by atoms with E-state index in [4.69, 9.17) is 18.6 Å². The highest BCUT2D eigenvalue weighted by Crippen LogP contribution is 2.51.